The van der Waals surface area contributed by atoms with Crippen molar-refractivity contribution in [3.63, 3.8) is 0 Å². The van der Waals surface area contributed by atoms with E-state index in [1.165, 1.54) is 11.6 Å². The molecule has 20 heavy (non-hydrogen) atoms. The van der Waals surface area contributed by atoms with E-state index in [9.17, 15) is 9.50 Å². The number of likely N-dealkylation sites (N-methyl/N-ethyl adjacent to an activating group) is 1. The smallest absolute Gasteiger partial charge is 0.165 e. The van der Waals surface area contributed by atoms with Gasteiger partial charge in [-0.25, -0.2) is 4.39 Å². The topological polar surface area (TPSA) is 23.5 Å². The number of phenolic OH excluding ortho intramolecular Hbond substituents is 1. The van der Waals surface area contributed by atoms with Crippen LogP contribution in [0.15, 0.2) is 42.5 Å². The van der Waals surface area contributed by atoms with Crippen LogP contribution in [0.1, 0.15) is 22.6 Å². The van der Waals surface area contributed by atoms with Gasteiger partial charge in [0.1, 0.15) is 0 Å². The van der Waals surface area contributed by atoms with Crippen LogP contribution in [-0.4, -0.2) is 30.1 Å². The maximum Gasteiger partial charge on any atom is 0.165 e. The number of fused-ring (bicyclic) bond motifs is 1. The maximum atomic E-state index is 13.6. The Hall–Kier alpha value is -1.87. The van der Waals surface area contributed by atoms with Gasteiger partial charge in [0.25, 0.3) is 0 Å². The van der Waals surface area contributed by atoms with Gasteiger partial charge in [0, 0.05) is 19.0 Å². The molecule has 1 aliphatic heterocycles. The molecule has 0 radical (unpaired) electrons. The summed E-state index contributed by atoms with van der Waals surface area (Å²) >= 11 is 0. The number of benzene rings is 2. The summed E-state index contributed by atoms with van der Waals surface area (Å²) in [5.74, 6) is -0.612. The van der Waals surface area contributed by atoms with E-state index in [1.54, 1.807) is 6.07 Å². The summed E-state index contributed by atoms with van der Waals surface area (Å²) in [5.41, 5.74) is 3.24. The van der Waals surface area contributed by atoms with Crippen molar-refractivity contribution in [3.8, 4) is 5.75 Å². The first-order valence-electron chi connectivity index (χ1n) is 6.90. The predicted molar refractivity (Wildman–Crippen MR) is 77.6 cm³/mol. The van der Waals surface area contributed by atoms with Gasteiger partial charge < -0.3 is 10.0 Å². The molecule has 2 aromatic rings. The highest BCUT2D eigenvalue weighted by molar-refractivity contribution is 5.44. The average Bonchev–Trinajstić information content (AvgIpc) is 2.61. The zero-order valence-electron chi connectivity index (χ0n) is 11.5. The number of rotatable bonds is 1. The highest BCUT2D eigenvalue weighted by Crippen LogP contribution is 2.34. The zero-order chi connectivity index (χ0) is 14.1. The first-order chi connectivity index (χ1) is 9.65. The zero-order valence-corrected chi connectivity index (χ0v) is 11.5. The lowest BCUT2D eigenvalue weighted by molar-refractivity contribution is 0.338. The molecular formula is C17H18FNO. The predicted octanol–water partition coefficient (Wildman–Crippen LogP) is 3.15. The Morgan fingerprint density at radius 3 is 2.70 bits per heavy atom. The van der Waals surface area contributed by atoms with Crippen molar-refractivity contribution in [2.75, 3.05) is 20.1 Å². The average molecular weight is 271 g/mol. The Morgan fingerprint density at radius 2 is 1.95 bits per heavy atom. The maximum absolute atomic E-state index is 13.6. The quantitative estimate of drug-likeness (QED) is 0.861. The van der Waals surface area contributed by atoms with Gasteiger partial charge in [-0.05, 0) is 42.3 Å². The molecule has 1 atom stereocenters. The molecule has 0 amide bonds. The SMILES string of the molecule is CN1CCc2cc(F)c(O)cc2[C@@H](c2ccccc2)C1. The molecule has 1 N–H and O–H groups in total. The highest BCUT2D eigenvalue weighted by atomic mass is 19.1. The molecule has 0 spiro atoms. The molecule has 3 rings (SSSR count). The fourth-order valence-electron chi connectivity index (χ4n) is 2.94. The molecule has 0 saturated carbocycles. The Kier molecular flexibility index (Phi) is 3.45. The van der Waals surface area contributed by atoms with Crippen molar-refractivity contribution in [2.45, 2.75) is 12.3 Å². The van der Waals surface area contributed by atoms with Crippen LogP contribution in [0, 0.1) is 5.82 Å². The van der Waals surface area contributed by atoms with Gasteiger partial charge >= 0.3 is 0 Å². The van der Waals surface area contributed by atoms with Gasteiger partial charge in [0.2, 0.25) is 0 Å². The van der Waals surface area contributed by atoms with E-state index in [2.05, 4.69) is 24.1 Å². The number of hydrogen-bond donors (Lipinski definition) is 1. The monoisotopic (exact) mass is 271 g/mol. The first-order valence-corrected chi connectivity index (χ1v) is 6.90. The summed E-state index contributed by atoms with van der Waals surface area (Å²) in [4.78, 5) is 2.26. The molecule has 2 aromatic carbocycles. The largest absolute Gasteiger partial charge is 0.505 e. The molecule has 2 nitrogen and oxygen atoms in total. The fourth-order valence-corrected chi connectivity index (χ4v) is 2.94. The van der Waals surface area contributed by atoms with Crippen molar-refractivity contribution >= 4 is 0 Å². The molecule has 0 aliphatic carbocycles. The number of aromatic hydroxyl groups is 1. The molecule has 0 unspecified atom stereocenters. The van der Waals surface area contributed by atoms with E-state index >= 15 is 0 Å². The van der Waals surface area contributed by atoms with Gasteiger partial charge in [-0.2, -0.15) is 0 Å². The van der Waals surface area contributed by atoms with Crippen molar-refractivity contribution < 1.29 is 9.50 Å². The molecule has 0 saturated heterocycles. The molecular weight excluding hydrogens is 253 g/mol. The van der Waals surface area contributed by atoms with E-state index < -0.39 is 5.82 Å². The Balaban J connectivity index is 2.12. The molecule has 0 fully saturated rings. The third kappa shape index (κ3) is 2.41. The molecule has 1 aliphatic rings. The summed E-state index contributed by atoms with van der Waals surface area (Å²) in [6, 6.07) is 13.3. The molecule has 0 bridgehead atoms. The fraction of sp³-hybridized carbons (Fsp3) is 0.294. The Labute approximate surface area is 118 Å². The van der Waals surface area contributed by atoms with Crippen molar-refractivity contribution in [2.24, 2.45) is 0 Å². The highest BCUT2D eigenvalue weighted by Gasteiger charge is 2.24. The van der Waals surface area contributed by atoms with Crippen molar-refractivity contribution in [3.05, 3.63) is 65.0 Å². The van der Waals surface area contributed by atoms with E-state index in [-0.39, 0.29) is 11.7 Å². The summed E-state index contributed by atoms with van der Waals surface area (Å²) in [7, 11) is 2.08. The Morgan fingerprint density at radius 1 is 1.20 bits per heavy atom. The summed E-state index contributed by atoms with van der Waals surface area (Å²) in [6.45, 7) is 1.78. The van der Waals surface area contributed by atoms with Crippen LogP contribution >= 0.6 is 0 Å². The minimum Gasteiger partial charge on any atom is -0.505 e. The van der Waals surface area contributed by atoms with E-state index in [0.717, 1.165) is 30.6 Å². The normalized spacial score (nSPS) is 19.4. The molecule has 3 heteroatoms. The number of nitrogens with zero attached hydrogens (tertiary/aromatic N) is 1. The lowest BCUT2D eigenvalue weighted by Gasteiger charge is -2.22. The lowest BCUT2D eigenvalue weighted by Crippen LogP contribution is -2.24. The van der Waals surface area contributed by atoms with Crippen LogP contribution in [0.25, 0.3) is 0 Å². The lowest BCUT2D eigenvalue weighted by atomic mass is 9.88. The minimum atomic E-state index is -0.528. The third-order valence-electron chi connectivity index (χ3n) is 4.04. The van der Waals surface area contributed by atoms with Crippen LogP contribution in [0.4, 0.5) is 4.39 Å². The first kappa shape index (κ1) is 13.1. The van der Waals surface area contributed by atoms with Gasteiger partial charge in [0.05, 0.1) is 0 Å². The van der Waals surface area contributed by atoms with Crippen LogP contribution in [-0.2, 0) is 6.42 Å². The van der Waals surface area contributed by atoms with E-state index in [1.807, 2.05) is 18.2 Å². The summed E-state index contributed by atoms with van der Waals surface area (Å²) in [5, 5.41) is 9.71. The standard InChI is InChI=1S/C17H18FNO/c1-19-8-7-13-9-16(18)17(20)10-14(13)15(11-19)12-5-3-2-4-6-12/h2-6,9-10,15,20H,7-8,11H2,1H3/t15-/m1/s1. The van der Waals surface area contributed by atoms with Gasteiger partial charge in [0.15, 0.2) is 11.6 Å². The van der Waals surface area contributed by atoms with Crippen molar-refractivity contribution in [1.29, 1.82) is 0 Å². The van der Waals surface area contributed by atoms with Crippen LogP contribution in [0.3, 0.4) is 0 Å². The van der Waals surface area contributed by atoms with Gasteiger partial charge in [-0.15, -0.1) is 0 Å². The number of halogens is 1. The number of hydrogen-bond acceptors (Lipinski definition) is 2. The van der Waals surface area contributed by atoms with Crippen LogP contribution in [0.2, 0.25) is 0 Å². The molecule has 104 valence electrons. The second-order valence-corrected chi connectivity index (χ2v) is 5.48. The second-order valence-electron chi connectivity index (χ2n) is 5.48. The number of phenols is 1. The molecule has 1 heterocycles. The Bertz CT molecular complexity index is 612. The second kappa shape index (κ2) is 5.25. The van der Waals surface area contributed by atoms with Gasteiger partial charge in [-0.1, -0.05) is 30.3 Å². The van der Waals surface area contributed by atoms with Gasteiger partial charge in [-0.3, -0.25) is 0 Å². The van der Waals surface area contributed by atoms with E-state index in [0.29, 0.717) is 0 Å². The van der Waals surface area contributed by atoms with Crippen LogP contribution < -0.4 is 0 Å². The molecule has 0 aromatic heterocycles. The third-order valence-corrected chi connectivity index (χ3v) is 4.04. The van der Waals surface area contributed by atoms with Crippen molar-refractivity contribution in [1.82, 2.24) is 4.90 Å². The minimum absolute atomic E-state index is 0.171. The van der Waals surface area contributed by atoms with Crippen LogP contribution in [0.5, 0.6) is 5.75 Å². The van der Waals surface area contributed by atoms with E-state index in [4.69, 9.17) is 0 Å². The summed E-state index contributed by atoms with van der Waals surface area (Å²) in [6.07, 6.45) is 0.812. The summed E-state index contributed by atoms with van der Waals surface area (Å²) < 4.78 is 13.6.